The van der Waals surface area contributed by atoms with Crippen LogP contribution in [-0.4, -0.2) is 43.5 Å². The summed E-state index contributed by atoms with van der Waals surface area (Å²) in [5.74, 6) is 3.38. The lowest BCUT2D eigenvalue weighted by molar-refractivity contribution is 0.415. The molecule has 114 valence electrons. The third-order valence-electron chi connectivity index (χ3n) is 4.75. The Morgan fingerprint density at radius 3 is 2.32 bits per heavy atom. The van der Waals surface area contributed by atoms with E-state index in [-0.39, 0.29) is 0 Å². The van der Waals surface area contributed by atoms with Crippen LogP contribution in [0.3, 0.4) is 0 Å². The van der Waals surface area contributed by atoms with E-state index < -0.39 is 0 Å². The molecular formula is C17H20N4O. The summed E-state index contributed by atoms with van der Waals surface area (Å²) in [6.45, 7) is 4.46. The Morgan fingerprint density at radius 2 is 1.73 bits per heavy atom. The van der Waals surface area contributed by atoms with Crippen molar-refractivity contribution in [3.63, 3.8) is 0 Å². The van der Waals surface area contributed by atoms with Crippen molar-refractivity contribution in [3.8, 4) is 17.0 Å². The van der Waals surface area contributed by atoms with Crippen LogP contribution in [0.25, 0.3) is 11.3 Å². The summed E-state index contributed by atoms with van der Waals surface area (Å²) in [6.07, 6.45) is 0. The molecule has 0 saturated carbocycles. The summed E-state index contributed by atoms with van der Waals surface area (Å²) in [6, 6.07) is 12.0. The smallest absolute Gasteiger partial charge is 0.151 e. The second-order valence-corrected chi connectivity index (χ2v) is 6.09. The molecule has 0 spiro atoms. The molecule has 0 radical (unpaired) electrons. The molecule has 2 aliphatic heterocycles. The molecule has 2 aliphatic rings. The van der Waals surface area contributed by atoms with Gasteiger partial charge in [0.05, 0.1) is 12.8 Å². The van der Waals surface area contributed by atoms with E-state index in [4.69, 9.17) is 4.74 Å². The van der Waals surface area contributed by atoms with Crippen molar-refractivity contribution in [2.75, 3.05) is 38.2 Å². The van der Waals surface area contributed by atoms with Gasteiger partial charge in [0, 0.05) is 31.7 Å². The first-order valence-corrected chi connectivity index (χ1v) is 7.77. The van der Waals surface area contributed by atoms with Crippen LogP contribution in [0.5, 0.6) is 5.75 Å². The monoisotopic (exact) mass is 296 g/mol. The third-order valence-corrected chi connectivity index (χ3v) is 4.75. The van der Waals surface area contributed by atoms with E-state index in [9.17, 15) is 0 Å². The maximum Gasteiger partial charge on any atom is 0.151 e. The van der Waals surface area contributed by atoms with Crippen molar-refractivity contribution < 1.29 is 4.74 Å². The number of benzene rings is 1. The highest BCUT2D eigenvalue weighted by Gasteiger charge is 2.36. The number of nitrogens with one attached hydrogen (secondary N) is 1. The fourth-order valence-corrected chi connectivity index (χ4v) is 3.45. The average Bonchev–Trinajstić information content (AvgIpc) is 3.17. The largest absolute Gasteiger partial charge is 0.497 e. The molecule has 2 aromatic rings. The van der Waals surface area contributed by atoms with Crippen LogP contribution in [0.2, 0.25) is 0 Å². The standard InChI is InChI=1S/C17H20N4O/c1-22-15-4-2-12(3-5-15)16-6-7-17(20-19-16)21-10-13-8-18-9-14(13)11-21/h2-7,13-14,18H,8-11H2,1H3. The molecule has 4 rings (SSSR count). The number of hydrogen-bond donors (Lipinski definition) is 1. The molecule has 5 heteroatoms. The van der Waals surface area contributed by atoms with E-state index >= 15 is 0 Å². The first kappa shape index (κ1) is 13.5. The molecular weight excluding hydrogens is 276 g/mol. The van der Waals surface area contributed by atoms with Crippen LogP contribution in [0.4, 0.5) is 5.82 Å². The van der Waals surface area contributed by atoms with Gasteiger partial charge in [-0.05, 0) is 48.2 Å². The van der Waals surface area contributed by atoms with E-state index in [1.165, 1.54) is 0 Å². The molecule has 1 aromatic heterocycles. The number of aromatic nitrogens is 2. The van der Waals surface area contributed by atoms with Crippen molar-refractivity contribution >= 4 is 5.82 Å². The van der Waals surface area contributed by atoms with Gasteiger partial charge in [0.2, 0.25) is 0 Å². The fraction of sp³-hybridized carbons (Fsp3) is 0.412. The molecule has 0 amide bonds. The molecule has 0 aliphatic carbocycles. The lowest BCUT2D eigenvalue weighted by Crippen LogP contribution is -2.26. The summed E-state index contributed by atoms with van der Waals surface area (Å²) in [5.41, 5.74) is 1.95. The Labute approximate surface area is 130 Å². The molecule has 2 saturated heterocycles. The summed E-state index contributed by atoms with van der Waals surface area (Å²) < 4.78 is 5.18. The number of fused-ring (bicyclic) bond motifs is 1. The van der Waals surface area contributed by atoms with E-state index in [0.29, 0.717) is 0 Å². The number of nitrogens with zero attached hydrogens (tertiary/aromatic N) is 3. The van der Waals surface area contributed by atoms with Crippen molar-refractivity contribution in [2.45, 2.75) is 0 Å². The summed E-state index contributed by atoms with van der Waals surface area (Å²) in [5, 5.41) is 12.3. The van der Waals surface area contributed by atoms with E-state index in [2.05, 4.69) is 32.5 Å². The maximum absolute atomic E-state index is 5.18. The van der Waals surface area contributed by atoms with Gasteiger partial charge in [-0.1, -0.05) is 0 Å². The minimum atomic E-state index is 0.767. The lowest BCUT2D eigenvalue weighted by atomic mass is 10.0. The number of methoxy groups -OCH3 is 1. The van der Waals surface area contributed by atoms with Crippen molar-refractivity contribution in [1.29, 1.82) is 0 Å². The first-order chi connectivity index (χ1) is 10.8. The van der Waals surface area contributed by atoms with Crippen LogP contribution in [-0.2, 0) is 0 Å². The van der Waals surface area contributed by atoms with Crippen LogP contribution in [0.15, 0.2) is 36.4 Å². The average molecular weight is 296 g/mol. The number of rotatable bonds is 3. The van der Waals surface area contributed by atoms with Gasteiger partial charge >= 0.3 is 0 Å². The van der Waals surface area contributed by atoms with Gasteiger partial charge in [-0.2, -0.15) is 0 Å². The second kappa shape index (κ2) is 5.57. The van der Waals surface area contributed by atoms with Crippen LogP contribution in [0, 0.1) is 11.8 Å². The number of hydrogen-bond acceptors (Lipinski definition) is 5. The second-order valence-electron chi connectivity index (χ2n) is 6.09. The highest BCUT2D eigenvalue weighted by molar-refractivity contribution is 5.60. The summed E-state index contributed by atoms with van der Waals surface area (Å²) in [4.78, 5) is 2.36. The summed E-state index contributed by atoms with van der Waals surface area (Å²) >= 11 is 0. The van der Waals surface area contributed by atoms with E-state index in [1.807, 2.05) is 24.3 Å². The Balaban J connectivity index is 1.50. The van der Waals surface area contributed by atoms with Crippen LogP contribution < -0.4 is 15.0 Å². The third kappa shape index (κ3) is 2.41. The molecule has 2 fully saturated rings. The molecule has 3 heterocycles. The van der Waals surface area contributed by atoms with E-state index in [1.54, 1.807) is 7.11 Å². The Morgan fingerprint density at radius 1 is 1.00 bits per heavy atom. The maximum atomic E-state index is 5.18. The zero-order valence-electron chi connectivity index (χ0n) is 12.7. The van der Waals surface area contributed by atoms with Gasteiger partial charge < -0.3 is 15.0 Å². The highest BCUT2D eigenvalue weighted by atomic mass is 16.5. The minimum absolute atomic E-state index is 0.767. The summed E-state index contributed by atoms with van der Waals surface area (Å²) in [7, 11) is 1.67. The van der Waals surface area contributed by atoms with Gasteiger partial charge in [0.15, 0.2) is 5.82 Å². The minimum Gasteiger partial charge on any atom is -0.497 e. The first-order valence-electron chi connectivity index (χ1n) is 7.77. The van der Waals surface area contributed by atoms with Crippen molar-refractivity contribution in [3.05, 3.63) is 36.4 Å². The van der Waals surface area contributed by atoms with Gasteiger partial charge in [0.25, 0.3) is 0 Å². The fourth-order valence-electron chi connectivity index (χ4n) is 3.45. The molecule has 2 unspecified atom stereocenters. The highest BCUT2D eigenvalue weighted by Crippen LogP contribution is 2.29. The van der Waals surface area contributed by atoms with Gasteiger partial charge in [-0.3, -0.25) is 0 Å². The predicted molar refractivity (Wildman–Crippen MR) is 86.1 cm³/mol. The molecule has 22 heavy (non-hydrogen) atoms. The Kier molecular flexibility index (Phi) is 3.42. The van der Waals surface area contributed by atoms with Gasteiger partial charge in [-0.25, -0.2) is 0 Å². The number of anilines is 1. The van der Waals surface area contributed by atoms with Crippen LogP contribution in [0.1, 0.15) is 0 Å². The molecule has 0 bridgehead atoms. The molecule has 1 N–H and O–H groups in total. The van der Waals surface area contributed by atoms with Gasteiger partial charge in [-0.15, -0.1) is 10.2 Å². The topological polar surface area (TPSA) is 50.3 Å². The van der Waals surface area contributed by atoms with Gasteiger partial charge in [0.1, 0.15) is 5.75 Å². The Hall–Kier alpha value is -2.14. The molecule has 2 atom stereocenters. The zero-order valence-corrected chi connectivity index (χ0v) is 12.7. The molecule has 5 nitrogen and oxygen atoms in total. The van der Waals surface area contributed by atoms with Crippen LogP contribution >= 0.6 is 0 Å². The van der Waals surface area contributed by atoms with Crippen molar-refractivity contribution in [2.24, 2.45) is 11.8 Å². The van der Waals surface area contributed by atoms with E-state index in [0.717, 1.165) is 60.8 Å². The predicted octanol–water partition coefficient (Wildman–Crippen LogP) is 1.81. The number of ether oxygens (including phenoxy) is 1. The SMILES string of the molecule is COc1ccc(-c2ccc(N3CC4CNCC4C3)nn2)cc1. The normalized spacial score (nSPS) is 23.6. The Bertz CT molecular complexity index is 629. The zero-order chi connectivity index (χ0) is 14.9. The lowest BCUT2D eigenvalue weighted by Gasteiger charge is -2.17. The quantitative estimate of drug-likeness (QED) is 0.936. The molecule has 1 aromatic carbocycles. The van der Waals surface area contributed by atoms with Crippen molar-refractivity contribution in [1.82, 2.24) is 15.5 Å².